The van der Waals surface area contributed by atoms with Crippen molar-refractivity contribution in [2.24, 2.45) is 0 Å². The number of hydrogen-bond acceptors (Lipinski definition) is 4. The molecule has 5 nitrogen and oxygen atoms in total. The summed E-state index contributed by atoms with van der Waals surface area (Å²) in [5.41, 5.74) is 2.77. The van der Waals surface area contributed by atoms with Gasteiger partial charge in [-0.25, -0.2) is 0 Å². The minimum Gasteiger partial charge on any atom is -0.497 e. The van der Waals surface area contributed by atoms with E-state index in [0.717, 1.165) is 12.0 Å². The van der Waals surface area contributed by atoms with Crippen LogP contribution < -0.4 is 4.74 Å². The first-order valence-electron chi connectivity index (χ1n) is 10.6. The molecule has 3 aromatic rings. The first-order chi connectivity index (χ1) is 15.6. The number of thiophene rings is 1. The predicted octanol–water partition coefficient (Wildman–Crippen LogP) is 4.56. The molecule has 0 saturated heterocycles. The van der Waals surface area contributed by atoms with E-state index >= 15 is 0 Å². The van der Waals surface area contributed by atoms with Crippen molar-refractivity contribution >= 4 is 23.2 Å². The Kier molecular flexibility index (Phi) is 6.71. The number of fused-ring (bicyclic) bond motifs is 1. The van der Waals surface area contributed by atoms with Crippen LogP contribution in [0.25, 0.3) is 0 Å². The first-order valence-corrected chi connectivity index (χ1v) is 11.4. The van der Waals surface area contributed by atoms with Crippen LogP contribution in [0.3, 0.4) is 0 Å². The SMILES string of the molecule is C=CCN(CC(=O)N1CCc2sccc2C1c1ccccc1)C(=O)c1ccc(OC)cc1. The summed E-state index contributed by atoms with van der Waals surface area (Å²) in [6, 6.07) is 19.0. The maximum absolute atomic E-state index is 13.5. The first kappa shape index (κ1) is 21.8. The Labute approximate surface area is 192 Å². The number of rotatable bonds is 7. The largest absolute Gasteiger partial charge is 0.497 e. The molecule has 2 aromatic carbocycles. The van der Waals surface area contributed by atoms with Crippen LogP contribution in [0.15, 0.2) is 78.7 Å². The zero-order chi connectivity index (χ0) is 22.5. The van der Waals surface area contributed by atoms with Crippen LogP contribution in [0.4, 0.5) is 0 Å². The van der Waals surface area contributed by atoms with Crippen molar-refractivity contribution in [2.75, 3.05) is 26.7 Å². The number of hydrogen-bond donors (Lipinski definition) is 0. The van der Waals surface area contributed by atoms with Crippen molar-refractivity contribution in [3.05, 3.63) is 100 Å². The Hall–Kier alpha value is -3.38. The molecule has 0 bridgehead atoms. The number of amides is 2. The second kappa shape index (κ2) is 9.83. The van der Waals surface area contributed by atoms with Crippen LogP contribution in [0.1, 0.15) is 32.4 Å². The van der Waals surface area contributed by atoms with Gasteiger partial charge in [-0.2, -0.15) is 0 Å². The molecule has 2 amide bonds. The van der Waals surface area contributed by atoms with Crippen molar-refractivity contribution in [3.8, 4) is 5.75 Å². The van der Waals surface area contributed by atoms with Gasteiger partial charge in [0.25, 0.3) is 5.91 Å². The van der Waals surface area contributed by atoms with E-state index in [1.807, 2.05) is 23.1 Å². The molecule has 0 aliphatic carbocycles. The van der Waals surface area contributed by atoms with Gasteiger partial charge in [-0.05, 0) is 53.3 Å². The normalized spacial score (nSPS) is 15.0. The lowest BCUT2D eigenvalue weighted by molar-refractivity contribution is -0.133. The van der Waals surface area contributed by atoms with Gasteiger partial charge in [0.05, 0.1) is 13.2 Å². The third kappa shape index (κ3) is 4.46. The van der Waals surface area contributed by atoms with Crippen molar-refractivity contribution in [1.29, 1.82) is 0 Å². The molecular weight excluding hydrogens is 420 g/mol. The predicted molar refractivity (Wildman–Crippen MR) is 127 cm³/mol. The van der Waals surface area contributed by atoms with Crippen molar-refractivity contribution in [3.63, 3.8) is 0 Å². The number of benzene rings is 2. The Morgan fingerprint density at radius 1 is 1.16 bits per heavy atom. The standard InChI is InChI=1S/C26H26N2O3S/c1-3-15-27(26(30)20-9-11-21(31-2)12-10-20)18-24(29)28-16-13-23-22(14-17-32-23)25(28)19-7-5-4-6-8-19/h3-12,14,17,25H,1,13,15-16,18H2,2H3. The summed E-state index contributed by atoms with van der Waals surface area (Å²) >= 11 is 1.74. The van der Waals surface area contributed by atoms with Crippen LogP contribution in [-0.2, 0) is 11.2 Å². The molecule has 1 atom stereocenters. The summed E-state index contributed by atoms with van der Waals surface area (Å²) < 4.78 is 5.18. The lowest BCUT2D eigenvalue weighted by Gasteiger charge is -2.37. The lowest BCUT2D eigenvalue weighted by Crippen LogP contribution is -2.46. The molecular formula is C26H26N2O3S. The molecule has 0 saturated carbocycles. The van der Waals surface area contributed by atoms with Gasteiger partial charge in [0, 0.05) is 23.5 Å². The fourth-order valence-electron chi connectivity index (χ4n) is 4.13. The van der Waals surface area contributed by atoms with E-state index in [1.54, 1.807) is 53.7 Å². The second-order valence-electron chi connectivity index (χ2n) is 7.65. The number of carbonyl (C=O) groups is 2. The maximum Gasteiger partial charge on any atom is 0.254 e. The van der Waals surface area contributed by atoms with E-state index in [0.29, 0.717) is 24.4 Å². The quantitative estimate of drug-likeness (QED) is 0.500. The van der Waals surface area contributed by atoms with E-state index < -0.39 is 0 Å². The summed E-state index contributed by atoms with van der Waals surface area (Å²) in [6.07, 6.45) is 2.48. The number of carbonyl (C=O) groups excluding carboxylic acids is 2. The smallest absolute Gasteiger partial charge is 0.254 e. The van der Waals surface area contributed by atoms with E-state index in [-0.39, 0.29) is 24.4 Å². The van der Waals surface area contributed by atoms with Crippen LogP contribution in [-0.4, -0.2) is 48.4 Å². The molecule has 1 aliphatic heterocycles. The van der Waals surface area contributed by atoms with Crippen LogP contribution >= 0.6 is 11.3 Å². The van der Waals surface area contributed by atoms with E-state index in [9.17, 15) is 9.59 Å². The topological polar surface area (TPSA) is 49.9 Å². The Bertz CT molecular complexity index is 1090. The number of ether oxygens (including phenoxy) is 1. The van der Waals surface area contributed by atoms with E-state index in [4.69, 9.17) is 4.74 Å². The minimum absolute atomic E-state index is 0.000311. The Balaban J connectivity index is 1.58. The highest BCUT2D eigenvalue weighted by Gasteiger charge is 2.33. The van der Waals surface area contributed by atoms with Gasteiger partial charge < -0.3 is 14.5 Å². The summed E-state index contributed by atoms with van der Waals surface area (Å²) in [5.74, 6) is 0.406. The number of nitrogens with zero attached hydrogens (tertiary/aromatic N) is 2. The van der Waals surface area contributed by atoms with Crippen LogP contribution in [0.2, 0.25) is 0 Å². The highest BCUT2D eigenvalue weighted by Crippen LogP contribution is 2.37. The minimum atomic E-state index is -0.203. The molecule has 2 heterocycles. The molecule has 0 fully saturated rings. The van der Waals surface area contributed by atoms with Gasteiger partial charge in [-0.1, -0.05) is 36.4 Å². The maximum atomic E-state index is 13.5. The van der Waals surface area contributed by atoms with Gasteiger partial charge in [-0.3, -0.25) is 9.59 Å². The zero-order valence-corrected chi connectivity index (χ0v) is 18.9. The summed E-state index contributed by atoms with van der Waals surface area (Å²) in [5, 5.41) is 2.09. The molecule has 4 rings (SSSR count). The Morgan fingerprint density at radius 3 is 2.59 bits per heavy atom. The monoisotopic (exact) mass is 446 g/mol. The fraction of sp³-hybridized carbons (Fsp3) is 0.231. The van der Waals surface area contributed by atoms with Crippen LogP contribution in [0, 0.1) is 0 Å². The highest BCUT2D eigenvalue weighted by molar-refractivity contribution is 7.10. The van der Waals surface area contributed by atoms with E-state index in [1.165, 1.54) is 10.4 Å². The average molecular weight is 447 g/mol. The number of methoxy groups -OCH3 is 1. The van der Waals surface area contributed by atoms with Gasteiger partial charge in [0.2, 0.25) is 5.91 Å². The highest BCUT2D eigenvalue weighted by atomic mass is 32.1. The molecule has 0 spiro atoms. The Morgan fingerprint density at radius 2 is 1.91 bits per heavy atom. The molecule has 0 radical (unpaired) electrons. The molecule has 1 aliphatic rings. The van der Waals surface area contributed by atoms with Crippen molar-refractivity contribution in [2.45, 2.75) is 12.5 Å². The molecule has 6 heteroatoms. The van der Waals surface area contributed by atoms with Crippen LogP contribution in [0.5, 0.6) is 5.75 Å². The van der Waals surface area contributed by atoms with Crippen molar-refractivity contribution < 1.29 is 14.3 Å². The van der Waals surface area contributed by atoms with E-state index in [2.05, 4.69) is 30.2 Å². The third-order valence-electron chi connectivity index (χ3n) is 5.70. The molecule has 1 unspecified atom stereocenters. The van der Waals surface area contributed by atoms with Crippen molar-refractivity contribution in [1.82, 2.24) is 9.80 Å². The third-order valence-corrected chi connectivity index (χ3v) is 6.70. The van der Waals surface area contributed by atoms with Gasteiger partial charge in [-0.15, -0.1) is 17.9 Å². The summed E-state index contributed by atoms with van der Waals surface area (Å²) in [6.45, 7) is 4.70. The second-order valence-corrected chi connectivity index (χ2v) is 8.65. The molecule has 1 aromatic heterocycles. The fourth-order valence-corrected chi connectivity index (χ4v) is 5.03. The molecule has 164 valence electrons. The van der Waals surface area contributed by atoms with Gasteiger partial charge in [0.15, 0.2) is 0 Å². The lowest BCUT2D eigenvalue weighted by atomic mass is 9.93. The molecule has 0 N–H and O–H groups in total. The van der Waals surface area contributed by atoms with Gasteiger partial charge in [0.1, 0.15) is 12.3 Å². The van der Waals surface area contributed by atoms with Gasteiger partial charge >= 0.3 is 0 Å². The summed E-state index contributed by atoms with van der Waals surface area (Å²) in [4.78, 5) is 31.4. The summed E-state index contributed by atoms with van der Waals surface area (Å²) in [7, 11) is 1.58. The molecule has 32 heavy (non-hydrogen) atoms. The zero-order valence-electron chi connectivity index (χ0n) is 18.1. The average Bonchev–Trinajstić information content (AvgIpc) is 3.32.